The zero-order valence-electron chi connectivity index (χ0n) is 11.2. The van der Waals surface area contributed by atoms with Gasteiger partial charge in [0, 0.05) is 6.07 Å². The number of aryl methyl sites for hydroxylation is 2. The third-order valence-corrected chi connectivity index (χ3v) is 3.07. The molecule has 1 aromatic heterocycles. The van der Waals surface area contributed by atoms with Gasteiger partial charge in [-0.25, -0.2) is 9.07 Å². The highest BCUT2D eigenvalue weighted by atomic mass is 35.5. The minimum Gasteiger partial charge on any atom is -0.307 e. The van der Waals surface area contributed by atoms with Crippen LogP contribution in [0, 0.1) is 24.1 Å². The summed E-state index contributed by atoms with van der Waals surface area (Å²) in [4.78, 5) is 12.2. The normalized spacial score (nSPS) is 10.2. The highest BCUT2D eigenvalue weighted by Crippen LogP contribution is 2.19. The van der Waals surface area contributed by atoms with Crippen molar-refractivity contribution in [3.8, 4) is 6.07 Å². The fraction of sp³-hybridized carbons (Fsp3) is 0.214. The lowest BCUT2D eigenvalue weighted by Crippen LogP contribution is -2.16. The third-order valence-electron chi connectivity index (χ3n) is 2.75. The molecule has 21 heavy (non-hydrogen) atoms. The van der Waals surface area contributed by atoms with Gasteiger partial charge < -0.3 is 5.32 Å². The number of amides is 1. The molecule has 0 fully saturated rings. The SMILES string of the molecule is Cc1cc(NC(=O)c2ccc(F)cc2Cl)n(CCC#N)n1. The standard InChI is InChI=1S/C14H12ClFN4O/c1-9-7-13(20(19-9)6-2-5-17)18-14(21)11-4-3-10(16)8-12(11)15/h3-4,7-8H,2,6H2,1H3,(H,18,21). The zero-order chi connectivity index (χ0) is 15.4. The van der Waals surface area contributed by atoms with Crippen LogP contribution < -0.4 is 5.32 Å². The summed E-state index contributed by atoms with van der Waals surface area (Å²) in [5.74, 6) is -0.502. The topological polar surface area (TPSA) is 70.7 Å². The Hall–Kier alpha value is -2.39. The van der Waals surface area contributed by atoms with E-state index in [0.717, 1.165) is 6.07 Å². The van der Waals surface area contributed by atoms with E-state index in [4.69, 9.17) is 16.9 Å². The molecule has 1 N–H and O–H groups in total. The van der Waals surface area contributed by atoms with E-state index < -0.39 is 11.7 Å². The molecule has 1 heterocycles. The van der Waals surface area contributed by atoms with Crippen LogP contribution in [0.3, 0.4) is 0 Å². The number of nitrogens with one attached hydrogen (secondary N) is 1. The van der Waals surface area contributed by atoms with Crippen LogP contribution in [0.4, 0.5) is 10.2 Å². The summed E-state index contributed by atoms with van der Waals surface area (Å²) in [5.41, 5.74) is 0.886. The van der Waals surface area contributed by atoms with Crippen molar-refractivity contribution in [1.82, 2.24) is 9.78 Å². The van der Waals surface area contributed by atoms with Crippen LogP contribution in [-0.2, 0) is 6.54 Å². The summed E-state index contributed by atoms with van der Waals surface area (Å²) >= 11 is 5.85. The average molecular weight is 307 g/mol. The van der Waals surface area contributed by atoms with Crippen LogP contribution in [-0.4, -0.2) is 15.7 Å². The number of hydrogen-bond donors (Lipinski definition) is 1. The number of halogens is 2. The first kappa shape index (κ1) is 15.0. The average Bonchev–Trinajstić information content (AvgIpc) is 2.76. The number of benzene rings is 1. The van der Waals surface area contributed by atoms with Crippen molar-refractivity contribution >= 4 is 23.3 Å². The highest BCUT2D eigenvalue weighted by Gasteiger charge is 2.14. The minimum atomic E-state index is -0.508. The molecular weight excluding hydrogens is 295 g/mol. The van der Waals surface area contributed by atoms with E-state index >= 15 is 0 Å². The molecule has 2 rings (SSSR count). The second-order valence-electron chi connectivity index (χ2n) is 4.38. The van der Waals surface area contributed by atoms with Gasteiger partial charge in [0.2, 0.25) is 0 Å². The fourth-order valence-corrected chi connectivity index (χ4v) is 2.08. The molecule has 1 aromatic carbocycles. The number of nitrogens with zero attached hydrogens (tertiary/aromatic N) is 3. The first-order chi connectivity index (χ1) is 10.0. The van der Waals surface area contributed by atoms with Gasteiger partial charge in [0.15, 0.2) is 0 Å². The van der Waals surface area contributed by atoms with Gasteiger partial charge in [-0.3, -0.25) is 4.79 Å². The van der Waals surface area contributed by atoms with Gasteiger partial charge in [0.1, 0.15) is 11.6 Å². The molecule has 2 aromatic rings. The van der Waals surface area contributed by atoms with Crippen LogP contribution in [0.15, 0.2) is 24.3 Å². The Labute approximate surface area is 125 Å². The molecule has 0 saturated carbocycles. The molecule has 0 saturated heterocycles. The van der Waals surface area contributed by atoms with E-state index in [0.29, 0.717) is 18.1 Å². The molecule has 0 aliphatic heterocycles. The lowest BCUT2D eigenvalue weighted by molar-refractivity contribution is 0.102. The number of rotatable bonds is 4. The second kappa shape index (κ2) is 6.37. The van der Waals surface area contributed by atoms with Crippen LogP contribution >= 0.6 is 11.6 Å². The second-order valence-corrected chi connectivity index (χ2v) is 4.79. The molecule has 5 nitrogen and oxygen atoms in total. The quantitative estimate of drug-likeness (QED) is 0.943. The molecule has 0 radical (unpaired) electrons. The van der Waals surface area contributed by atoms with E-state index in [-0.39, 0.29) is 17.0 Å². The summed E-state index contributed by atoms with van der Waals surface area (Å²) in [6.07, 6.45) is 0.279. The summed E-state index contributed by atoms with van der Waals surface area (Å²) in [6.45, 7) is 2.15. The lowest BCUT2D eigenvalue weighted by atomic mass is 10.2. The van der Waals surface area contributed by atoms with Crippen molar-refractivity contribution < 1.29 is 9.18 Å². The molecule has 0 atom stereocenters. The predicted octanol–water partition coefficient (Wildman–Crippen LogP) is 3.15. The van der Waals surface area contributed by atoms with Crippen LogP contribution in [0.2, 0.25) is 5.02 Å². The van der Waals surface area contributed by atoms with E-state index in [2.05, 4.69) is 10.4 Å². The highest BCUT2D eigenvalue weighted by molar-refractivity contribution is 6.34. The number of aromatic nitrogens is 2. The maximum atomic E-state index is 13.0. The third kappa shape index (κ3) is 3.58. The van der Waals surface area contributed by atoms with E-state index in [1.54, 1.807) is 13.0 Å². The molecule has 108 valence electrons. The van der Waals surface area contributed by atoms with Gasteiger partial charge in [-0.05, 0) is 25.1 Å². The Balaban J connectivity index is 2.21. The van der Waals surface area contributed by atoms with Gasteiger partial charge in [-0.15, -0.1) is 0 Å². The Kier molecular flexibility index (Phi) is 4.55. The Morgan fingerprint density at radius 3 is 2.95 bits per heavy atom. The fourth-order valence-electron chi connectivity index (χ4n) is 1.83. The van der Waals surface area contributed by atoms with Crippen molar-refractivity contribution in [2.75, 3.05) is 5.32 Å². The lowest BCUT2D eigenvalue weighted by Gasteiger charge is -2.08. The van der Waals surface area contributed by atoms with Crippen molar-refractivity contribution in [2.45, 2.75) is 19.9 Å². The summed E-state index contributed by atoms with van der Waals surface area (Å²) < 4.78 is 14.5. The molecular formula is C14H12ClFN4O. The van der Waals surface area contributed by atoms with Gasteiger partial charge in [-0.2, -0.15) is 10.4 Å². The monoisotopic (exact) mass is 306 g/mol. The first-order valence-corrected chi connectivity index (χ1v) is 6.57. The van der Waals surface area contributed by atoms with Gasteiger partial charge >= 0.3 is 0 Å². The van der Waals surface area contributed by atoms with Crippen LogP contribution in [0.25, 0.3) is 0 Å². The molecule has 0 spiro atoms. The van der Waals surface area contributed by atoms with Crippen LogP contribution in [0.1, 0.15) is 22.5 Å². The van der Waals surface area contributed by atoms with E-state index in [1.165, 1.54) is 16.8 Å². The summed E-state index contributed by atoms with van der Waals surface area (Å²) in [5, 5.41) is 15.5. The van der Waals surface area contributed by atoms with Crippen molar-refractivity contribution in [3.63, 3.8) is 0 Å². The minimum absolute atomic E-state index is 0.0345. The van der Waals surface area contributed by atoms with Crippen molar-refractivity contribution in [1.29, 1.82) is 5.26 Å². The molecule has 1 amide bonds. The van der Waals surface area contributed by atoms with Crippen LogP contribution in [0.5, 0.6) is 0 Å². The van der Waals surface area contributed by atoms with Gasteiger partial charge in [0.05, 0.1) is 35.3 Å². The van der Waals surface area contributed by atoms with Gasteiger partial charge in [-0.1, -0.05) is 11.6 Å². The number of hydrogen-bond acceptors (Lipinski definition) is 3. The Bertz CT molecular complexity index is 720. The molecule has 0 unspecified atom stereocenters. The number of nitriles is 1. The maximum Gasteiger partial charge on any atom is 0.258 e. The molecule has 0 aliphatic carbocycles. The Morgan fingerprint density at radius 2 is 2.29 bits per heavy atom. The molecule has 7 heteroatoms. The number of carbonyl (C=O) groups excluding carboxylic acids is 1. The largest absolute Gasteiger partial charge is 0.307 e. The number of anilines is 1. The predicted molar refractivity (Wildman–Crippen MR) is 76.6 cm³/mol. The van der Waals surface area contributed by atoms with E-state index in [1.807, 2.05) is 6.07 Å². The van der Waals surface area contributed by atoms with Crippen molar-refractivity contribution in [2.24, 2.45) is 0 Å². The zero-order valence-corrected chi connectivity index (χ0v) is 12.0. The van der Waals surface area contributed by atoms with Gasteiger partial charge in [0.25, 0.3) is 5.91 Å². The Morgan fingerprint density at radius 1 is 1.52 bits per heavy atom. The summed E-state index contributed by atoms with van der Waals surface area (Å²) in [6, 6.07) is 7.26. The maximum absolute atomic E-state index is 13.0. The van der Waals surface area contributed by atoms with Crippen molar-refractivity contribution in [3.05, 3.63) is 46.4 Å². The first-order valence-electron chi connectivity index (χ1n) is 6.19. The summed E-state index contributed by atoms with van der Waals surface area (Å²) in [7, 11) is 0. The molecule has 0 aliphatic rings. The number of carbonyl (C=O) groups is 1. The van der Waals surface area contributed by atoms with E-state index in [9.17, 15) is 9.18 Å². The molecule has 0 bridgehead atoms. The smallest absolute Gasteiger partial charge is 0.258 e.